The summed E-state index contributed by atoms with van der Waals surface area (Å²) in [6.45, 7) is 3.87. The second kappa shape index (κ2) is 8.09. The second-order valence-corrected chi connectivity index (χ2v) is 6.45. The predicted octanol–water partition coefficient (Wildman–Crippen LogP) is 2.50. The number of rotatable bonds is 6. The van der Waals surface area contributed by atoms with E-state index in [4.69, 9.17) is 4.74 Å². The lowest BCUT2D eigenvalue weighted by Crippen LogP contribution is -2.41. The Morgan fingerprint density at radius 1 is 1.40 bits per heavy atom. The van der Waals surface area contributed by atoms with E-state index in [9.17, 15) is 9.18 Å². The van der Waals surface area contributed by atoms with Crippen molar-refractivity contribution in [2.24, 2.45) is 5.92 Å². The van der Waals surface area contributed by atoms with Crippen molar-refractivity contribution in [2.75, 3.05) is 19.7 Å². The first-order valence-electron chi connectivity index (χ1n) is 8.64. The molecule has 1 aliphatic heterocycles. The standard InChI is InChI=1S/C18H23FN4O2/c1-13-20-17(22-21-13)8-9-18(24)23-10-2-3-14(11-23)12-25-16-6-4-15(19)5-7-16/h4-7,14H,2-3,8-12H2,1H3,(H,20,21,22). The van der Waals surface area contributed by atoms with Crippen LogP contribution in [0.25, 0.3) is 0 Å². The summed E-state index contributed by atoms with van der Waals surface area (Å²) in [5.74, 6) is 2.26. The normalized spacial score (nSPS) is 17.5. The van der Waals surface area contributed by atoms with Gasteiger partial charge in [-0.2, -0.15) is 5.10 Å². The smallest absolute Gasteiger partial charge is 0.223 e. The molecule has 1 aromatic heterocycles. The van der Waals surface area contributed by atoms with Gasteiger partial charge in [0.2, 0.25) is 5.91 Å². The molecule has 3 rings (SSSR count). The molecule has 1 N–H and O–H groups in total. The van der Waals surface area contributed by atoms with Gasteiger partial charge in [0, 0.05) is 31.8 Å². The van der Waals surface area contributed by atoms with Gasteiger partial charge >= 0.3 is 0 Å². The number of aryl methyl sites for hydroxylation is 2. The van der Waals surface area contributed by atoms with E-state index >= 15 is 0 Å². The van der Waals surface area contributed by atoms with Crippen LogP contribution in [0.5, 0.6) is 5.75 Å². The van der Waals surface area contributed by atoms with Gasteiger partial charge in [0.05, 0.1) is 6.61 Å². The van der Waals surface area contributed by atoms with Crippen molar-refractivity contribution in [3.8, 4) is 5.75 Å². The molecule has 1 atom stereocenters. The van der Waals surface area contributed by atoms with Crippen LogP contribution in [-0.4, -0.2) is 45.7 Å². The fourth-order valence-electron chi connectivity index (χ4n) is 3.05. The van der Waals surface area contributed by atoms with Gasteiger partial charge in [0.1, 0.15) is 17.4 Å². The highest BCUT2D eigenvalue weighted by Crippen LogP contribution is 2.20. The van der Waals surface area contributed by atoms with Crippen molar-refractivity contribution >= 4 is 5.91 Å². The maximum Gasteiger partial charge on any atom is 0.223 e. The SMILES string of the molecule is Cc1nc(CCC(=O)N2CCCC(COc3ccc(F)cc3)C2)n[nH]1. The van der Waals surface area contributed by atoms with Gasteiger partial charge in [-0.25, -0.2) is 9.37 Å². The van der Waals surface area contributed by atoms with Crippen LogP contribution in [-0.2, 0) is 11.2 Å². The average Bonchev–Trinajstić information content (AvgIpc) is 3.05. The number of halogens is 1. The largest absolute Gasteiger partial charge is 0.493 e. The van der Waals surface area contributed by atoms with Crippen molar-refractivity contribution in [3.05, 3.63) is 41.7 Å². The number of carbonyl (C=O) groups excluding carboxylic acids is 1. The van der Waals surface area contributed by atoms with E-state index in [2.05, 4.69) is 15.2 Å². The minimum atomic E-state index is -0.275. The Balaban J connectivity index is 1.45. The molecule has 0 saturated carbocycles. The number of nitrogens with zero attached hydrogens (tertiary/aromatic N) is 3. The molecule has 0 radical (unpaired) electrons. The number of piperidine rings is 1. The Kier molecular flexibility index (Phi) is 5.63. The first kappa shape index (κ1) is 17.4. The number of benzene rings is 1. The molecule has 0 bridgehead atoms. The Morgan fingerprint density at radius 3 is 2.92 bits per heavy atom. The van der Waals surface area contributed by atoms with E-state index in [1.807, 2.05) is 11.8 Å². The molecular formula is C18H23FN4O2. The van der Waals surface area contributed by atoms with Gasteiger partial charge in [-0.3, -0.25) is 9.89 Å². The number of nitrogens with one attached hydrogen (secondary N) is 1. The number of carbonyl (C=O) groups is 1. The third-order valence-electron chi connectivity index (χ3n) is 4.38. The first-order valence-corrected chi connectivity index (χ1v) is 8.64. The molecule has 0 aliphatic carbocycles. The maximum absolute atomic E-state index is 12.9. The topological polar surface area (TPSA) is 71.1 Å². The number of aromatic amines is 1. The molecule has 2 heterocycles. The van der Waals surface area contributed by atoms with Crippen LogP contribution in [0.1, 0.15) is 30.9 Å². The molecular weight excluding hydrogens is 323 g/mol. The van der Waals surface area contributed by atoms with Crippen molar-refractivity contribution in [1.82, 2.24) is 20.1 Å². The number of amides is 1. The number of hydrogen-bond donors (Lipinski definition) is 1. The number of likely N-dealkylation sites (tertiary alicyclic amines) is 1. The van der Waals surface area contributed by atoms with Crippen LogP contribution in [0.15, 0.2) is 24.3 Å². The summed E-state index contributed by atoms with van der Waals surface area (Å²) in [6.07, 6.45) is 2.98. The molecule has 0 spiro atoms. The molecule has 1 aliphatic rings. The number of ether oxygens (including phenoxy) is 1. The molecule has 1 amide bonds. The lowest BCUT2D eigenvalue weighted by molar-refractivity contribution is -0.133. The number of hydrogen-bond acceptors (Lipinski definition) is 4. The van der Waals surface area contributed by atoms with Gasteiger partial charge in [-0.15, -0.1) is 0 Å². The van der Waals surface area contributed by atoms with Crippen molar-refractivity contribution in [1.29, 1.82) is 0 Å². The fraction of sp³-hybridized carbons (Fsp3) is 0.500. The van der Waals surface area contributed by atoms with Crippen LogP contribution < -0.4 is 4.74 Å². The Hall–Kier alpha value is -2.44. The molecule has 2 aromatic rings. The predicted molar refractivity (Wildman–Crippen MR) is 90.6 cm³/mol. The molecule has 134 valence electrons. The van der Waals surface area contributed by atoms with E-state index in [0.717, 1.165) is 25.2 Å². The molecule has 1 unspecified atom stereocenters. The highest BCUT2D eigenvalue weighted by molar-refractivity contribution is 5.76. The quantitative estimate of drug-likeness (QED) is 0.872. The van der Waals surface area contributed by atoms with Gasteiger partial charge < -0.3 is 9.64 Å². The molecule has 1 saturated heterocycles. The number of aromatic nitrogens is 3. The zero-order valence-electron chi connectivity index (χ0n) is 14.4. The second-order valence-electron chi connectivity index (χ2n) is 6.45. The van der Waals surface area contributed by atoms with E-state index in [1.165, 1.54) is 12.1 Å². The number of H-pyrrole nitrogens is 1. The van der Waals surface area contributed by atoms with E-state index in [1.54, 1.807) is 12.1 Å². The van der Waals surface area contributed by atoms with Crippen molar-refractivity contribution in [2.45, 2.75) is 32.6 Å². The summed E-state index contributed by atoms with van der Waals surface area (Å²) in [7, 11) is 0. The summed E-state index contributed by atoms with van der Waals surface area (Å²) in [5.41, 5.74) is 0. The molecule has 7 heteroatoms. The lowest BCUT2D eigenvalue weighted by atomic mass is 9.98. The highest BCUT2D eigenvalue weighted by atomic mass is 19.1. The van der Waals surface area contributed by atoms with E-state index in [0.29, 0.717) is 43.5 Å². The Morgan fingerprint density at radius 2 is 2.20 bits per heavy atom. The molecule has 1 aromatic carbocycles. The summed E-state index contributed by atoms with van der Waals surface area (Å²) < 4.78 is 18.6. The average molecular weight is 346 g/mol. The Bertz CT molecular complexity index is 701. The van der Waals surface area contributed by atoms with Crippen molar-refractivity contribution < 1.29 is 13.9 Å². The van der Waals surface area contributed by atoms with E-state index < -0.39 is 0 Å². The summed E-state index contributed by atoms with van der Waals surface area (Å²) in [5, 5.41) is 6.85. The van der Waals surface area contributed by atoms with Crippen LogP contribution >= 0.6 is 0 Å². The summed E-state index contributed by atoms with van der Waals surface area (Å²) in [6, 6.07) is 6.02. The van der Waals surface area contributed by atoms with Crippen LogP contribution in [0.2, 0.25) is 0 Å². The fourth-order valence-corrected chi connectivity index (χ4v) is 3.05. The maximum atomic E-state index is 12.9. The third kappa shape index (κ3) is 5.01. The molecule has 6 nitrogen and oxygen atoms in total. The van der Waals surface area contributed by atoms with Crippen LogP contribution in [0.3, 0.4) is 0 Å². The Labute approximate surface area is 146 Å². The van der Waals surface area contributed by atoms with Crippen LogP contribution in [0.4, 0.5) is 4.39 Å². The van der Waals surface area contributed by atoms with Gasteiger partial charge in [0.15, 0.2) is 5.82 Å². The van der Waals surface area contributed by atoms with Crippen molar-refractivity contribution in [3.63, 3.8) is 0 Å². The monoisotopic (exact) mass is 346 g/mol. The van der Waals surface area contributed by atoms with E-state index in [-0.39, 0.29) is 11.7 Å². The summed E-state index contributed by atoms with van der Waals surface area (Å²) in [4.78, 5) is 18.5. The lowest BCUT2D eigenvalue weighted by Gasteiger charge is -2.32. The zero-order chi connectivity index (χ0) is 17.6. The summed E-state index contributed by atoms with van der Waals surface area (Å²) >= 11 is 0. The molecule has 1 fully saturated rings. The zero-order valence-corrected chi connectivity index (χ0v) is 14.4. The van der Waals surface area contributed by atoms with Crippen LogP contribution in [0, 0.1) is 18.7 Å². The third-order valence-corrected chi connectivity index (χ3v) is 4.38. The minimum Gasteiger partial charge on any atom is -0.493 e. The minimum absolute atomic E-state index is 0.133. The van der Waals surface area contributed by atoms with Gasteiger partial charge in [-0.05, 0) is 44.0 Å². The van der Waals surface area contributed by atoms with Gasteiger partial charge in [0.25, 0.3) is 0 Å². The highest BCUT2D eigenvalue weighted by Gasteiger charge is 2.24. The molecule has 25 heavy (non-hydrogen) atoms. The first-order chi connectivity index (χ1) is 12.1. The van der Waals surface area contributed by atoms with Gasteiger partial charge in [-0.1, -0.05) is 0 Å².